The number of hydrogen-bond acceptors (Lipinski definition) is 3. The lowest BCUT2D eigenvalue weighted by Crippen LogP contribution is -2.43. The molecule has 0 saturated heterocycles. The van der Waals surface area contributed by atoms with Crippen LogP contribution in [0.15, 0.2) is 36.5 Å². The van der Waals surface area contributed by atoms with E-state index in [1.807, 2.05) is 36.1 Å². The van der Waals surface area contributed by atoms with Gasteiger partial charge in [0, 0.05) is 17.9 Å². The lowest BCUT2D eigenvalue weighted by Gasteiger charge is -2.23. The highest BCUT2D eigenvalue weighted by molar-refractivity contribution is 5.94. The Morgan fingerprint density at radius 3 is 3.00 bits per heavy atom. The fourth-order valence-corrected chi connectivity index (χ4v) is 2.73. The van der Waals surface area contributed by atoms with Gasteiger partial charge >= 0.3 is 6.03 Å². The monoisotopic (exact) mass is 282 g/mol. The molecular formula is C16H18N4O. The Labute approximate surface area is 124 Å². The average Bonchev–Trinajstić information content (AvgIpc) is 2.81. The molecular weight excluding hydrogens is 264 g/mol. The van der Waals surface area contributed by atoms with Gasteiger partial charge in [-0.15, -0.1) is 0 Å². The fraction of sp³-hybridized carbons (Fsp3) is 0.312. The number of rotatable bonds is 2. The van der Waals surface area contributed by atoms with E-state index >= 15 is 0 Å². The summed E-state index contributed by atoms with van der Waals surface area (Å²) in [5.74, 6) is 0.710. The van der Waals surface area contributed by atoms with Crippen LogP contribution in [0.2, 0.25) is 0 Å². The van der Waals surface area contributed by atoms with E-state index in [2.05, 4.69) is 28.3 Å². The maximum atomic E-state index is 12.4. The molecule has 2 heterocycles. The summed E-state index contributed by atoms with van der Waals surface area (Å²) in [5.41, 5.74) is 3.04. The summed E-state index contributed by atoms with van der Waals surface area (Å²) in [7, 11) is 0. The molecule has 2 amide bonds. The number of carbonyl (C=O) groups is 1. The largest absolute Gasteiger partial charge is 0.332 e. The number of hydrogen-bond donors (Lipinski definition) is 1. The summed E-state index contributed by atoms with van der Waals surface area (Å²) in [6, 6.07) is 9.95. The van der Waals surface area contributed by atoms with E-state index < -0.39 is 0 Å². The molecule has 21 heavy (non-hydrogen) atoms. The van der Waals surface area contributed by atoms with Gasteiger partial charge in [0.15, 0.2) is 0 Å². The number of nitrogens with one attached hydrogen (secondary N) is 1. The Morgan fingerprint density at radius 2 is 2.19 bits per heavy atom. The minimum Gasteiger partial charge on any atom is -0.332 e. The number of benzene rings is 1. The molecule has 1 aliphatic rings. The standard InChI is InChI=1S/C16H18N4O/c1-11-9-13-5-3-4-6-15(13)20(11)16(21)18-10-14-7-8-17-12(2)19-14/h3-8,11H,9-10H2,1-2H3,(H,18,21). The average molecular weight is 282 g/mol. The van der Waals surface area contributed by atoms with Gasteiger partial charge in [-0.05, 0) is 38.0 Å². The summed E-state index contributed by atoms with van der Waals surface area (Å²) in [6.07, 6.45) is 2.60. The molecule has 3 rings (SSSR count). The lowest BCUT2D eigenvalue weighted by molar-refractivity contribution is 0.244. The fourth-order valence-electron chi connectivity index (χ4n) is 2.73. The summed E-state index contributed by atoms with van der Waals surface area (Å²) in [4.78, 5) is 22.6. The molecule has 0 spiro atoms. The van der Waals surface area contributed by atoms with Crippen LogP contribution in [0, 0.1) is 6.92 Å². The predicted octanol–water partition coefficient (Wildman–Crippen LogP) is 2.45. The molecule has 0 bridgehead atoms. The van der Waals surface area contributed by atoms with Crippen LogP contribution < -0.4 is 10.2 Å². The number of urea groups is 1. The van der Waals surface area contributed by atoms with Crippen LogP contribution in [0.3, 0.4) is 0 Å². The van der Waals surface area contributed by atoms with Crippen molar-refractivity contribution in [1.82, 2.24) is 15.3 Å². The maximum Gasteiger partial charge on any atom is 0.322 e. The van der Waals surface area contributed by atoms with Crippen molar-refractivity contribution in [2.45, 2.75) is 32.9 Å². The second kappa shape index (κ2) is 5.52. The molecule has 108 valence electrons. The first-order valence-electron chi connectivity index (χ1n) is 7.08. The van der Waals surface area contributed by atoms with Crippen molar-refractivity contribution in [2.75, 3.05) is 4.90 Å². The molecule has 1 aromatic heterocycles. The van der Waals surface area contributed by atoms with Crippen molar-refractivity contribution in [3.8, 4) is 0 Å². The smallest absolute Gasteiger partial charge is 0.322 e. The molecule has 5 heteroatoms. The third-order valence-corrected chi connectivity index (χ3v) is 3.68. The van der Waals surface area contributed by atoms with Gasteiger partial charge in [-0.25, -0.2) is 14.8 Å². The molecule has 2 aromatic rings. The minimum atomic E-state index is -0.0799. The third-order valence-electron chi connectivity index (χ3n) is 3.68. The molecule has 0 fully saturated rings. The van der Waals surface area contributed by atoms with Crippen LogP contribution in [0.4, 0.5) is 10.5 Å². The molecule has 1 unspecified atom stereocenters. The van der Waals surface area contributed by atoms with Gasteiger partial charge in [0.1, 0.15) is 5.82 Å². The van der Waals surface area contributed by atoms with Gasteiger partial charge < -0.3 is 5.32 Å². The second-order valence-corrected chi connectivity index (χ2v) is 5.31. The van der Waals surface area contributed by atoms with E-state index in [-0.39, 0.29) is 12.1 Å². The zero-order chi connectivity index (χ0) is 14.8. The van der Waals surface area contributed by atoms with E-state index in [0.717, 1.165) is 17.8 Å². The quantitative estimate of drug-likeness (QED) is 0.920. The lowest BCUT2D eigenvalue weighted by atomic mass is 10.1. The number of aromatic nitrogens is 2. The van der Waals surface area contributed by atoms with Gasteiger partial charge in [0.2, 0.25) is 0 Å². The van der Waals surface area contributed by atoms with Crippen LogP contribution in [0.1, 0.15) is 24.0 Å². The highest BCUT2D eigenvalue weighted by Gasteiger charge is 2.30. The molecule has 1 aromatic carbocycles. The van der Waals surface area contributed by atoms with Crippen LogP contribution in [-0.2, 0) is 13.0 Å². The van der Waals surface area contributed by atoms with E-state index in [9.17, 15) is 4.79 Å². The minimum absolute atomic E-state index is 0.0799. The van der Waals surface area contributed by atoms with Crippen molar-refractivity contribution in [1.29, 1.82) is 0 Å². The Balaban J connectivity index is 1.71. The molecule has 1 atom stereocenters. The number of nitrogens with zero attached hydrogens (tertiary/aromatic N) is 3. The molecule has 1 N–H and O–H groups in total. The Morgan fingerprint density at radius 1 is 1.38 bits per heavy atom. The highest BCUT2D eigenvalue weighted by Crippen LogP contribution is 2.31. The van der Waals surface area contributed by atoms with Crippen LogP contribution in [0.25, 0.3) is 0 Å². The topological polar surface area (TPSA) is 58.1 Å². The van der Waals surface area contributed by atoms with Crippen LogP contribution in [-0.4, -0.2) is 22.0 Å². The normalized spacial score (nSPS) is 16.7. The Bertz CT molecular complexity index is 671. The van der Waals surface area contributed by atoms with E-state index in [4.69, 9.17) is 0 Å². The van der Waals surface area contributed by atoms with Gasteiger partial charge in [-0.1, -0.05) is 18.2 Å². The number of aryl methyl sites for hydroxylation is 1. The van der Waals surface area contributed by atoms with Crippen molar-refractivity contribution >= 4 is 11.7 Å². The number of fused-ring (bicyclic) bond motifs is 1. The van der Waals surface area contributed by atoms with Crippen molar-refractivity contribution < 1.29 is 4.79 Å². The molecule has 0 radical (unpaired) electrons. The van der Waals surface area contributed by atoms with Gasteiger partial charge in [-0.2, -0.15) is 0 Å². The van der Waals surface area contributed by atoms with Crippen LogP contribution >= 0.6 is 0 Å². The Hall–Kier alpha value is -2.43. The molecule has 1 aliphatic heterocycles. The summed E-state index contributed by atoms with van der Waals surface area (Å²) in [6.45, 7) is 4.31. The second-order valence-electron chi connectivity index (χ2n) is 5.31. The number of amides is 2. The third kappa shape index (κ3) is 2.72. The zero-order valence-electron chi connectivity index (χ0n) is 12.2. The van der Waals surface area contributed by atoms with Gasteiger partial charge in [-0.3, -0.25) is 4.90 Å². The first-order chi connectivity index (χ1) is 10.1. The number of carbonyl (C=O) groups excluding carboxylic acids is 1. The number of anilines is 1. The van der Waals surface area contributed by atoms with E-state index in [1.54, 1.807) is 6.20 Å². The van der Waals surface area contributed by atoms with E-state index in [1.165, 1.54) is 5.56 Å². The van der Waals surface area contributed by atoms with Crippen molar-refractivity contribution in [2.24, 2.45) is 0 Å². The SMILES string of the molecule is Cc1nccc(CNC(=O)N2c3ccccc3CC2C)n1. The summed E-state index contributed by atoms with van der Waals surface area (Å²) >= 11 is 0. The van der Waals surface area contributed by atoms with E-state index in [0.29, 0.717) is 12.4 Å². The van der Waals surface area contributed by atoms with Gasteiger partial charge in [0.25, 0.3) is 0 Å². The first-order valence-corrected chi connectivity index (χ1v) is 7.08. The predicted molar refractivity (Wildman–Crippen MR) is 81.1 cm³/mol. The summed E-state index contributed by atoms with van der Waals surface area (Å²) in [5, 5.41) is 2.94. The molecule has 5 nitrogen and oxygen atoms in total. The van der Waals surface area contributed by atoms with Crippen molar-refractivity contribution in [3.63, 3.8) is 0 Å². The summed E-state index contributed by atoms with van der Waals surface area (Å²) < 4.78 is 0. The van der Waals surface area contributed by atoms with Crippen molar-refractivity contribution in [3.05, 3.63) is 53.6 Å². The highest BCUT2D eigenvalue weighted by atomic mass is 16.2. The molecule has 0 aliphatic carbocycles. The number of para-hydroxylation sites is 1. The first kappa shape index (κ1) is 13.5. The van der Waals surface area contributed by atoms with Gasteiger partial charge in [0.05, 0.1) is 12.2 Å². The van der Waals surface area contributed by atoms with Crippen LogP contribution in [0.5, 0.6) is 0 Å². The molecule has 0 saturated carbocycles. The zero-order valence-corrected chi connectivity index (χ0v) is 12.2. The Kier molecular flexibility index (Phi) is 3.56. The maximum absolute atomic E-state index is 12.4.